The molecule has 2 heterocycles. The zero-order valence-electron chi connectivity index (χ0n) is 27.3. The average molecular weight is 613 g/mol. The molecule has 0 N–H and O–H groups in total. The first-order valence-corrected chi connectivity index (χ1v) is 17.5. The summed E-state index contributed by atoms with van der Waals surface area (Å²) >= 11 is 7.24. The fraction of sp³-hybridized carbons (Fsp3) is 0.333. The Morgan fingerprint density at radius 1 is 0.778 bits per heavy atom. The van der Waals surface area contributed by atoms with Crippen molar-refractivity contribution >= 4 is 55.8 Å². The highest BCUT2D eigenvalue weighted by Gasteiger charge is 2.30. The van der Waals surface area contributed by atoms with Crippen LogP contribution in [0.4, 0.5) is 5.69 Å². The molecule has 2 aliphatic rings. The minimum absolute atomic E-state index is 0.235. The third kappa shape index (κ3) is 5.22. The van der Waals surface area contributed by atoms with Gasteiger partial charge in [-0.15, -0.1) is 0 Å². The molecule has 2 nitrogen and oxygen atoms in total. The molecule has 1 aromatic heterocycles. The Morgan fingerprint density at radius 2 is 1.49 bits per heavy atom. The number of hydrogen-bond acceptors (Lipinski definition) is 1. The van der Waals surface area contributed by atoms with Crippen LogP contribution in [0.3, 0.4) is 0 Å². The molecule has 7 rings (SSSR count). The molecule has 0 bridgehead atoms. The quantitative estimate of drug-likeness (QED) is 0.161. The molecule has 1 unspecified atom stereocenters. The maximum atomic E-state index is 7.24. The van der Waals surface area contributed by atoms with Gasteiger partial charge in [0.25, 0.3) is 0 Å². The van der Waals surface area contributed by atoms with E-state index in [1.54, 1.807) is 0 Å². The van der Waals surface area contributed by atoms with Gasteiger partial charge in [-0.05, 0) is 103 Å². The summed E-state index contributed by atoms with van der Waals surface area (Å²) in [4.78, 5) is 2.61. The van der Waals surface area contributed by atoms with Crippen LogP contribution >= 0.6 is 11.6 Å². The van der Waals surface area contributed by atoms with Crippen LogP contribution in [0.25, 0.3) is 38.5 Å². The molecule has 0 amide bonds. The maximum absolute atomic E-state index is 7.24. The Bertz CT molecular complexity index is 2050. The van der Waals surface area contributed by atoms with E-state index in [1.807, 2.05) is 0 Å². The van der Waals surface area contributed by atoms with Gasteiger partial charge in [-0.1, -0.05) is 105 Å². The Hall–Kier alpha value is -3.75. The van der Waals surface area contributed by atoms with Gasteiger partial charge in [0.2, 0.25) is 0 Å². The van der Waals surface area contributed by atoms with Gasteiger partial charge >= 0.3 is 0 Å². The second kappa shape index (κ2) is 12.6. The molecule has 0 fully saturated rings. The molecule has 0 spiro atoms. The summed E-state index contributed by atoms with van der Waals surface area (Å²) in [5.74, 6) is 0. The summed E-state index contributed by atoms with van der Waals surface area (Å²) in [6.07, 6.45) is 17.3. The van der Waals surface area contributed by atoms with Crippen LogP contribution in [0.1, 0.15) is 81.5 Å². The first-order chi connectivity index (χ1) is 22.0. The summed E-state index contributed by atoms with van der Waals surface area (Å²) in [5.41, 5.74) is 9.34. The Kier molecular flexibility index (Phi) is 8.36. The molecule has 3 heteroatoms. The third-order valence-electron chi connectivity index (χ3n) is 10.2. The summed E-state index contributed by atoms with van der Waals surface area (Å²) in [7, 11) is 0. The van der Waals surface area contributed by atoms with E-state index in [9.17, 15) is 0 Å². The molecule has 5 aromatic rings. The molecule has 1 aliphatic heterocycles. The van der Waals surface area contributed by atoms with E-state index < -0.39 is 0 Å². The number of aryl methyl sites for hydroxylation is 3. The molecular weight excluding hydrogens is 568 g/mol. The monoisotopic (exact) mass is 612 g/mol. The second-order valence-corrected chi connectivity index (χ2v) is 13.5. The van der Waals surface area contributed by atoms with E-state index in [4.69, 9.17) is 11.6 Å². The fourth-order valence-corrected chi connectivity index (χ4v) is 8.05. The van der Waals surface area contributed by atoms with E-state index >= 15 is 0 Å². The van der Waals surface area contributed by atoms with Crippen molar-refractivity contribution in [3.05, 3.63) is 117 Å². The summed E-state index contributed by atoms with van der Waals surface area (Å²) < 4.78 is 2.53. The summed E-state index contributed by atoms with van der Waals surface area (Å²) in [5, 5.41) is 9.13. The minimum atomic E-state index is 0.235. The number of nitrogens with zero attached hydrogens (tertiary/aromatic N) is 2. The molecule has 1 atom stereocenters. The van der Waals surface area contributed by atoms with Gasteiger partial charge in [-0.3, -0.25) is 0 Å². The van der Waals surface area contributed by atoms with Crippen molar-refractivity contribution in [1.29, 1.82) is 0 Å². The SMILES string of the molecule is CCCCN1c2ccc(C)c3cccc(c23)C1/C=C/C1=C(Cl)C(=C/C=c2\c3cccc4c(C)ccc(c43)n2CCCC)/CCC1. The van der Waals surface area contributed by atoms with Crippen molar-refractivity contribution in [2.75, 3.05) is 11.4 Å². The van der Waals surface area contributed by atoms with Gasteiger partial charge in [0.1, 0.15) is 0 Å². The van der Waals surface area contributed by atoms with Crippen molar-refractivity contribution in [1.82, 2.24) is 4.57 Å². The molecule has 1 aliphatic carbocycles. The lowest BCUT2D eigenvalue weighted by molar-refractivity contribution is 0.640. The van der Waals surface area contributed by atoms with E-state index in [0.717, 1.165) is 37.4 Å². The van der Waals surface area contributed by atoms with Crippen molar-refractivity contribution in [2.45, 2.75) is 85.2 Å². The largest absolute Gasteiger partial charge is 0.360 e. The third-order valence-corrected chi connectivity index (χ3v) is 10.7. The Labute approximate surface area is 273 Å². The lowest BCUT2D eigenvalue weighted by Crippen LogP contribution is -2.24. The highest BCUT2D eigenvalue weighted by atomic mass is 35.5. The van der Waals surface area contributed by atoms with Crippen molar-refractivity contribution in [3.8, 4) is 0 Å². The lowest BCUT2D eigenvalue weighted by atomic mass is 9.93. The van der Waals surface area contributed by atoms with Crippen LogP contribution in [0, 0.1) is 13.8 Å². The number of anilines is 1. The molecule has 45 heavy (non-hydrogen) atoms. The number of rotatable bonds is 9. The van der Waals surface area contributed by atoms with Crippen molar-refractivity contribution in [2.24, 2.45) is 0 Å². The van der Waals surface area contributed by atoms with Gasteiger partial charge < -0.3 is 9.47 Å². The van der Waals surface area contributed by atoms with E-state index in [1.165, 1.54) is 97.0 Å². The number of halogens is 1. The Morgan fingerprint density at radius 3 is 2.29 bits per heavy atom. The van der Waals surface area contributed by atoms with Gasteiger partial charge in [0.05, 0.1) is 6.04 Å². The molecular formula is C42H45ClN2. The van der Waals surface area contributed by atoms with Crippen LogP contribution in [0.2, 0.25) is 0 Å². The Balaban J connectivity index is 1.28. The zero-order chi connectivity index (χ0) is 31.1. The van der Waals surface area contributed by atoms with Gasteiger partial charge in [0, 0.05) is 50.8 Å². The van der Waals surface area contributed by atoms with E-state index in [-0.39, 0.29) is 6.04 Å². The van der Waals surface area contributed by atoms with Crippen LogP contribution in [-0.4, -0.2) is 11.1 Å². The second-order valence-electron chi connectivity index (χ2n) is 13.1. The fourth-order valence-electron chi connectivity index (χ4n) is 7.74. The van der Waals surface area contributed by atoms with Crippen LogP contribution in [0.15, 0.2) is 95.1 Å². The highest BCUT2D eigenvalue weighted by Crippen LogP contribution is 2.46. The van der Waals surface area contributed by atoms with Crippen LogP contribution < -0.4 is 10.2 Å². The molecule has 0 saturated carbocycles. The van der Waals surface area contributed by atoms with E-state index in [2.05, 4.69) is 122 Å². The first kappa shape index (κ1) is 29.9. The molecule has 4 aromatic carbocycles. The number of allylic oxidation sites excluding steroid dienone is 5. The summed E-state index contributed by atoms with van der Waals surface area (Å²) in [6, 6.07) is 23.0. The standard InChI is InChI=1S/C42H45ClN2/c1-5-7-26-44-36(34-16-10-14-32-28(3)18-22-38(44)40(32)34)24-20-30-12-9-13-31(42(30)43)21-25-37-35-17-11-15-33-29(4)19-23-39(41(33)35)45(37)27-8-6-2/h10-11,14-25,36H,5-9,12-13,26-27H2,1-4H3/b24-20+,31-21+,37-25+. The van der Waals surface area contributed by atoms with E-state index in [0.29, 0.717) is 0 Å². The normalized spacial score (nSPS) is 18.3. The van der Waals surface area contributed by atoms with Crippen molar-refractivity contribution in [3.63, 3.8) is 0 Å². The van der Waals surface area contributed by atoms with Crippen LogP contribution in [0.5, 0.6) is 0 Å². The zero-order valence-corrected chi connectivity index (χ0v) is 28.1. The maximum Gasteiger partial charge on any atom is 0.0736 e. The first-order valence-electron chi connectivity index (χ1n) is 17.1. The molecule has 0 saturated heterocycles. The van der Waals surface area contributed by atoms with Gasteiger partial charge in [-0.2, -0.15) is 0 Å². The topological polar surface area (TPSA) is 8.17 Å². The predicted molar refractivity (Wildman–Crippen MR) is 196 cm³/mol. The van der Waals surface area contributed by atoms with Crippen LogP contribution in [-0.2, 0) is 6.54 Å². The lowest BCUT2D eigenvalue weighted by Gasteiger charge is -2.27. The molecule has 0 radical (unpaired) electrons. The molecule has 230 valence electrons. The average Bonchev–Trinajstić information content (AvgIpc) is 3.53. The number of aromatic nitrogens is 1. The number of benzene rings is 4. The minimum Gasteiger partial charge on any atom is -0.360 e. The van der Waals surface area contributed by atoms with Gasteiger partial charge in [-0.25, -0.2) is 0 Å². The highest BCUT2D eigenvalue weighted by molar-refractivity contribution is 6.32. The summed E-state index contributed by atoms with van der Waals surface area (Å²) in [6.45, 7) is 11.1. The van der Waals surface area contributed by atoms with Crippen molar-refractivity contribution < 1.29 is 0 Å². The number of unbranched alkanes of at least 4 members (excludes halogenated alkanes) is 2. The predicted octanol–water partition coefficient (Wildman–Crippen LogP) is 11.4. The smallest absolute Gasteiger partial charge is 0.0736 e. The van der Waals surface area contributed by atoms with Gasteiger partial charge in [0.15, 0.2) is 0 Å². The number of hydrogen-bond donors (Lipinski definition) is 0.